The number of thiocarbonyl (C=S) groups is 1. The minimum atomic E-state index is 0.705. The molecule has 0 radical (unpaired) electrons. The first-order chi connectivity index (χ1) is 8.33. The number of ether oxygens (including phenoxy) is 1. The number of rotatable bonds is 8. The number of thiazole rings is 1. The molecule has 2 N–H and O–H groups in total. The van der Waals surface area contributed by atoms with Crippen molar-refractivity contribution in [2.45, 2.75) is 19.8 Å². The van der Waals surface area contributed by atoms with Crippen molar-refractivity contribution in [2.24, 2.45) is 0 Å². The van der Waals surface area contributed by atoms with E-state index in [0.29, 0.717) is 5.11 Å². The molecule has 0 saturated carbocycles. The Kier molecular flexibility index (Phi) is 7.87. The van der Waals surface area contributed by atoms with Crippen LogP contribution in [0.4, 0.5) is 0 Å². The predicted octanol–water partition coefficient (Wildman–Crippen LogP) is 1.58. The molecule has 96 valence electrons. The van der Waals surface area contributed by atoms with Gasteiger partial charge in [0.2, 0.25) is 0 Å². The van der Waals surface area contributed by atoms with E-state index in [-0.39, 0.29) is 0 Å². The van der Waals surface area contributed by atoms with E-state index in [1.165, 1.54) is 0 Å². The highest BCUT2D eigenvalue weighted by Gasteiger charge is 1.97. The van der Waals surface area contributed by atoms with Gasteiger partial charge in [-0.25, -0.2) is 4.98 Å². The average Bonchev–Trinajstić information content (AvgIpc) is 2.82. The summed E-state index contributed by atoms with van der Waals surface area (Å²) in [6.45, 7) is 5.23. The minimum absolute atomic E-state index is 0.705. The number of aromatic nitrogens is 1. The molecule has 6 heteroatoms. The first-order valence-electron chi connectivity index (χ1n) is 5.79. The predicted molar refractivity (Wildman–Crippen MR) is 75.5 cm³/mol. The SMILES string of the molecule is CCOCCCNC(=S)NCCc1cscn1. The average molecular weight is 273 g/mol. The molecule has 4 nitrogen and oxygen atoms in total. The van der Waals surface area contributed by atoms with Gasteiger partial charge in [-0.2, -0.15) is 0 Å². The smallest absolute Gasteiger partial charge is 0.166 e. The van der Waals surface area contributed by atoms with Crippen LogP contribution in [0.2, 0.25) is 0 Å². The zero-order chi connectivity index (χ0) is 12.3. The van der Waals surface area contributed by atoms with Gasteiger partial charge in [-0.3, -0.25) is 0 Å². The highest BCUT2D eigenvalue weighted by molar-refractivity contribution is 7.80. The van der Waals surface area contributed by atoms with E-state index in [9.17, 15) is 0 Å². The molecular weight excluding hydrogens is 254 g/mol. The van der Waals surface area contributed by atoms with Crippen LogP contribution in [0.3, 0.4) is 0 Å². The van der Waals surface area contributed by atoms with E-state index in [1.807, 2.05) is 12.4 Å². The lowest BCUT2D eigenvalue weighted by molar-refractivity contribution is 0.145. The summed E-state index contributed by atoms with van der Waals surface area (Å²) in [6.07, 6.45) is 1.88. The summed E-state index contributed by atoms with van der Waals surface area (Å²) >= 11 is 6.76. The van der Waals surface area contributed by atoms with Crippen LogP contribution in [0.5, 0.6) is 0 Å². The third-order valence-corrected chi connectivity index (χ3v) is 3.03. The van der Waals surface area contributed by atoms with E-state index < -0.39 is 0 Å². The quantitative estimate of drug-likeness (QED) is 0.556. The summed E-state index contributed by atoms with van der Waals surface area (Å²) in [6, 6.07) is 0. The molecule has 0 aliphatic carbocycles. The lowest BCUT2D eigenvalue weighted by Crippen LogP contribution is -2.37. The molecular formula is C11H19N3OS2. The second-order valence-electron chi connectivity index (χ2n) is 3.46. The van der Waals surface area contributed by atoms with Gasteiger partial charge in [0.1, 0.15) is 0 Å². The second kappa shape index (κ2) is 9.32. The maximum atomic E-state index is 5.23. The number of hydrogen-bond donors (Lipinski definition) is 2. The molecule has 0 aromatic carbocycles. The van der Waals surface area contributed by atoms with Crippen molar-refractivity contribution in [3.8, 4) is 0 Å². The Morgan fingerprint density at radius 3 is 3.00 bits per heavy atom. The van der Waals surface area contributed by atoms with Gasteiger partial charge in [0.25, 0.3) is 0 Å². The van der Waals surface area contributed by atoms with Crippen LogP contribution in [0.15, 0.2) is 10.9 Å². The molecule has 1 aromatic rings. The van der Waals surface area contributed by atoms with Crippen LogP contribution in [0.1, 0.15) is 19.0 Å². The zero-order valence-corrected chi connectivity index (χ0v) is 11.7. The van der Waals surface area contributed by atoms with Crippen molar-refractivity contribution in [3.63, 3.8) is 0 Å². The lowest BCUT2D eigenvalue weighted by atomic mass is 10.3. The van der Waals surface area contributed by atoms with Gasteiger partial charge in [-0.15, -0.1) is 11.3 Å². The molecule has 1 heterocycles. The van der Waals surface area contributed by atoms with Gasteiger partial charge >= 0.3 is 0 Å². The molecule has 0 amide bonds. The van der Waals surface area contributed by atoms with Crippen LogP contribution in [-0.4, -0.2) is 36.4 Å². The van der Waals surface area contributed by atoms with Gasteiger partial charge in [0.15, 0.2) is 5.11 Å². The number of hydrogen-bond acceptors (Lipinski definition) is 4. The summed E-state index contributed by atoms with van der Waals surface area (Å²) in [5.74, 6) is 0. The van der Waals surface area contributed by atoms with E-state index in [0.717, 1.165) is 44.8 Å². The van der Waals surface area contributed by atoms with Crippen LogP contribution < -0.4 is 10.6 Å². The lowest BCUT2D eigenvalue weighted by Gasteiger charge is -2.09. The minimum Gasteiger partial charge on any atom is -0.382 e. The molecule has 0 spiro atoms. The fourth-order valence-corrected chi connectivity index (χ4v) is 2.05. The maximum absolute atomic E-state index is 5.23. The summed E-state index contributed by atoms with van der Waals surface area (Å²) < 4.78 is 5.23. The molecule has 0 fully saturated rings. The molecule has 0 atom stereocenters. The number of nitrogens with one attached hydrogen (secondary N) is 2. The Labute approximate surface area is 112 Å². The highest BCUT2D eigenvalue weighted by Crippen LogP contribution is 2.00. The van der Waals surface area contributed by atoms with Crippen LogP contribution in [0.25, 0.3) is 0 Å². The van der Waals surface area contributed by atoms with Crippen LogP contribution in [-0.2, 0) is 11.2 Å². The monoisotopic (exact) mass is 273 g/mol. The standard InChI is InChI=1S/C11H19N3OS2/c1-2-15-7-3-5-12-11(16)13-6-4-10-8-17-9-14-10/h8-9H,2-7H2,1H3,(H2,12,13,16). The van der Waals surface area contributed by atoms with Gasteiger partial charge < -0.3 is 15.4 Å². The van der Waals surface area contributed by atoms with Gasteiger partial charge in [0, 0.05) is 38.1 Å². The molecule has 0 bridgehead atoms. The fourth-order valence-electron chi connectivity index (χ4n) is 1.25. The first-order valence-corrected chi connectivity index (χ1v) is 7.14. The van der Waals surface area contributed by atoms with Crippen molar-refractivity contribution < 1.29 is 4.74 Å². The Morgan fingerprint density at radius 2 is 2.29 bits per heavy atom. The van der Waals surface area contributed by atoms with Crippen molar-refractivity contribution in [1.29, 1.82) is 0 Å². The first kappa shape index (κ1) is 14.3. The summed E-state index contributed by atoms with van der Waals surface area (Å²) in [4.78, 5) is 4.21. The number of nitrogens with zero attached hydrogens (tertiary/aromatic N) is 1. The van der Waals surface area contributed by atoms with Crippen molar-refractivity contribution in [3.05, 3.63) is 16.6 Å². The molecule has 0 saturated heterocycles. The van der Waals surface area contributed by atoms with Crippen LogP contribution >= 0.6 is 23.6 Å². The van der Waals surface area contributed by atoms with E-state index in [1.54, 1.807) is 11.3 Å². The molecule has 17 heavy (non-hydrogen) atoms. The topological polar surface area (TPSA) is 46.2 Å². The third-order valence-electron chi connectivity index (χ3n) is 2.11. The van der Waals surface area contributed by atoms with E-state index in [2.05, 4.69) is 21.0 Å². The fraction of sp³-hybridized carbons (Fsp3) is 0.636. The Hall–Kier alpha value is -0.720. The Bertz CT molecular complexity index is 304. The summed E-state index contributed by atoms with van der Waals surface area (Å²) in [7, 11) is 0. The molecule has 0 unspecified atom stereocenters. The summed E-state index contributed by atoms with van der Waals surface area (Å²) in [5, 5.41) is 9.06. The molecule has 1 aromatic heterocycles. The van der Waals surface area contributed by atoms with Gasteiger partial charge in [-0.1, -0.05) is 0 Å². The van der Waals surface area contributed by atoms with E-state index >= 15 is 0 Å². The van der Waals surface area contributed by atoms with E-state index in [4.69, 9.17) is 17.0 Å². The molecule has 1 rings (SSSR count). The normalized spacial score (nSPS) is 10.2. The Morgan fingerprint density at radius 1 is 1.47 bits per heavy atom. The Balaban J connectivity index is 1.94. The third kappa shape index (κ3) is 7.25. The maximum Gasteiger partial charge on any atom is 0.166 e. The zero-order valence-electron chi connectivity index (χ0n) is 10.1. The van der Waals surface area contributed by atoms with Gasteiger partial charge in [0.05, 0.1) is 11.2 Å². The van der Waals surface area contributed by atoms with Crippen LogP contribution in [0, 0.1) is 0 Å². The van der Waals surface area contributed by atoms with Gasteiger partial charge in [-0.05, 0) is 25.6 Å². The molecule has 0 aliphatic rings. The van der Waals surface area contributed by atoms with Crippen molar-refractivity contribution in [1.82, 2.24) is 15.6 Å². The largest absolute Gasteiger partial charge is 0.382 e. The second-order valence-corrected chi connectivity index (χ2v) is 4.59. The van der Waals surface area contributed by atoms with Crippen molar-refractivity contribution >= 4 is 28.7 Å². The van der Waals surface area contributed by atoms with Crippen molar-refractivity contribution in [2.75, 3.05) is 26.3 Å². The molecule has 0 aliphatic heterocycles. The summed E-state index contributed by atoms with van der Waals surface area (Å²) in [5.41, 5.74) is 2.96. The highest BCUT2D eigenvalue weighted by atomic mass is 32.1.